The molecule has 3 aromatic rings. The Morgan fingerprint density at radius 3 is 2.44 bits per heavy atom. The van der Waals surface area contributed by atoms with Crippen molar-refractivity contribution in [3.63, 3.8) is 0 Å². The van der Waals surface area contributed by atoms with Crippen molar-refractivity contribution in [2.45, 2.75) is 6.04 Å². The van der Waals surface area contributed by atoms with Gasteiger partial charge in [-0.05, 0) is 24.7 Å². The summed E-state index contributed by atoms with van der Waals surface area (Å²) in [4.78, 5) is 16.6. The average molecular weight is 385 g/mol. The smallest absolute Gasteiger partial charge is 0.372 e. The molecular formula is C21H21ClN2O3. The van der Waals surface area contributed by atoms with Gasteiger partial charge in [-0.3, -0.25) is 4.90 Å². The van der Waals surface area contributed by atoms with E-state index in [0.717, 1.165) is 37.1 Å². The van der Waals surface area contributed by atoms with Gasteiger partial charge in [0.1, 0.15) is 5.58 Å². The number of furan rings is 1. The first-order valence-corrected chi connectivity index (χ1v) is 9.36. The van der Waals surface area contributed by atoms with E-state index in [1.54, 1.807) is 6.07 Å². The third-order valence-corrected chi connectivity index (χ3v) is 5.55. The standard InChI is InChI=1S/C21H21ClN2O3/c1-23-10-12-24(13-11-23)19(14-6-2-4-8-16(14)22)18-15-7-3-5-9-17(15)27-20(18)21(25)26/h2-9,19H,10-13H2,1H3,(H,25,26). The molecule has 5 nitrogen and oxygen atoms in total. The molecule has 0 radical (unpaired) electrons. The molecule has 1 N–H and O–H groups in total. The van der Waals surface area contributed by atoms with Crippen LogP contribution in [0.3, 0.4) is 0 Å². The van der Waals surface area contributed by atoms with Crippen LogP contribution in [-0.4, -0.2) is 54.1 Å². The fourth-order valence-corrected chi connectivity index (χ4v) is 4.05. The number of carbonyl (C=O) groups is 1. The number of piperazine rings is 1. The topological polar surface area (TPSA) is 56.9 Å². The number of aromatic carboxylic acids is 1. The molecule has 0 saturated carbocycles. The largest absolute Gasteiger partial charge is 0.475 e. The minimum atomic E-state index is -1.06. The molecule has 1 aliphatic rings. The summed E-state index contributed by atoms with van der Waals surface area (Å²) in [6, 6.07) is 14.8. The van der Waals surface area contributed by atoms with Crippen LogP contribution in [0.5, 0.6) is 0 Å². The summed E-state index contributed by atoms with van der Waals surface area (Å²) in [5.74, 6) is -1.08. The van der Waals surface area contributed by atoms with Gasteiger partial charge in [-0.2, -0.15) is 0 Å². The molecule has 1 fully saturated rings. The maximum absolute atomic E-state index is 12.0. The van der Waals surface area contributed by atoms with Crippen molar-refractivity contribution in [1.82, 2.24) is 9.80 Å². The molecular weight excluding hydrogens is 364 g/mol. The van der Waals surface area contributed by atoms with E-state index in [2.05, 4.69) is 16.8 Å². The second-order valence-electron chi connectivity index (χ2n) is 6.91. The van der Waals surface area contributed by atoms with E-state index in [-0.39, 0.29) is 11.8 Å². The number of benzene rings is 2. The number of hydrogen-bond acceptors (Lipinski definition) is 4. The predicted molar refractivity (Wildman–Crippen MR) is 106 cm³/mol. The van der Waals surface area contributed by atoms with Gasteiger partial charge in [-0.25, -0.2) is 4.79 Å². The Kier molecular flexibility index (Phi) is 4.91. The van der Waals surface area contributed by atoms with Crippen LogP contribution in [0.4, 0.5) is 0 Å². The van der Waals surface area contributed by atoms with Crippen LogP contribution in [0.1, 0.15) is 27.7 Å². The lowest BCUT2D eigenvalue weighted by molar-refractivity contribution is 0.0657. The highest BCUT2D eigenvalue weighted by molar-refractivity contribution is 6.31. The minimum absolute atomic E-state index is 0.0138. The molecule has 1 aromatic heterocycles. The van der Waals surface area contributed by atoms with E-state index < -0.39 is 5.97 Å². The van der Waals surface area contributed by atoms with Crippen molar-refractivity contribution in [1.29, 1.82) is 0 Å². The number of para-hydroxylation sites is 1. The van der Waals surface area contributed by atoms with Crippen LogP contribution < -0.4 is 0 Å². The lowest BCUT2D eigenvalue weighted by atomic mass is 9.93. The summed E-state index contributed by atoms with van der Waals surface area (Å²) in [5.41, 5.74) is 2.16. The van der Waals surface area contributed by atoms with E-state index in [1.165, 1.54) is 0 Å². The number of fused-ring (bicyclic) bond motifs is 1. The molecule has 0 spiro atoms. The second-order valence-corrected chi connectivity index (χ2v) is 7.32. The van der Waals surface area contributed by atoms with Gasteiger partial charge in [0.25, 0.3) is 0 Å². The molecule has 1 saturated heterocycles. The van der Waals surface area contributed by atoms with E-state index in [0.29, 0.717) is 16.2 Å². The average Bonchev–Trinajstić information content (AvgIpc) is 3.05. The Morgan fingerprint density at radius 1 is 1.07 bits per heavy atom. The van der Waals surface area contributed by atoms with E-state index in [4.69, 9.17) is 16.0 Å². The van der Waals surface area contributed by atoms with Crippen LogP contribution in [0, 0.1) is 0 Å². The SMILES string of the molecule is CN1CCN(C(c2ccccc2Cl)c2c(C(=O)O)oc3ccccc23)CC1. The van der Waals surface area contributed by atoms with Crippen molar-refractivity contribution in [3.8, 4) is 0 Å². The number of hydrogen-bond donors (Lipinski definition) is 1. The Labute approximate surface area is 162 Å². The predicted octanol–water partition coefficient (Wildman–Crippen LogP) is 4.12. The van der Waals surface area contributed by atoms with E-state index in [9.17, 15) is 9.90 Å². The van der Waals surface area contributed by atoms with Crippen LogP contribution >= 0.6 is 11.6 Å². The molecule has 1 unspecified atom stereocenters. The summed E-state index contributed by atoms with van der Waals surface area (Å²) in [7, 11) is 2.10. The van der Waals surface area contributed by atoms with Gasteiger partial charge in [0.15, 0.2) is 0 Å². The quantitative estimate of drug-likeness (QED) is 0.733. The molecule has 140 valence electrons. The first kappa shape index (κ1) is 18.0. The maximum atomic E-state index is 12.0. The van der Waals surface area contributed by atoms with Gasteiger partial charge in [-0.1, -0.05) is 48.0 Å². The Hall–Kier alpha value is -2.34. The Morgan fingerprint density at radius 2 is 1.74 bits per heavy atom. The fraction of sp³-hybridized carbons (Fsp3) is 0.286. The summed E-state index contributed by atoms with van der Waals surface area (Å²) in [6.45, 7) is 3.48. The molecule has 0 aliphatic carbocycles. The highest BCUT2D eigenvalue weighted by Gasteiger charge is 2.34. The lowest BCUT2D eigenvalue weighted by Gasteiger charge is -2.38. The first-order valence-electron chi connectivity index (χ1n) is 8.98. The van der Waals surface area contributed by atoms with Crippen molar-refractivity contribution < 1.29 is 14.3 Å². The second kappa shape index (κ2) is 7.35. The summed E-state index contributed by atoms with van der Waals surface area (Å²) in [5, 5.41) is 11.3. The molecule has 4 rings (SSSR count). The molecule has 2 heterocycles. The van der Waals surface area contributed by atoms with Crippen LogP contribution in [0.25, 0.3) is 11.0 Å². The van der Waals surface area contributed by atoms with Crippen molar-refractivity contribution in [2.75, 3.05) is 33.2 Å². The van der Waals surface area contributed by atoms with Gasteiger partial charge in [0.05, 0.1) is 6.04 Å². The normalized spacial score (nSPS) is 17.3. The number of carboxylic acid groups (broad SMARTS) is 1. The zero-order valence-corrected chi connectivity index (χ0v) is 15.8. The van der Waals surface area contributed by atoms with Gasteiger partial charge in [0.2, 0.25) is 5.76 Å². The zero-order valence-electron chi connectivity index (χ0n) is 15.1. The fourth-order valence-electron chi connectivity index (χ4n) is 3.81. The van der Waals surface area contributed by atoms with Gasteiger partial charge in [-0.15, -0.1) is 0 Å². The molecule has 6 heteroatoms. The Balaban J connectivity index is 1.94. The van der Waals surface area contributed by atoms with Gasteiger partial charge in [0, 0.05) is 42.2 Å². The molecule has 2 aromatic carbocycles. The molecule has 0 amide bonds. The summed E-state index contributed by atoms with van der Waals surface area (Å²) < 4.78 is 5.74. The van der Waals surface area contributed by atoms with Crippen LogP contribution in [0.2, 0.25) is 5.02 Å². The lowest BCUT2D eigenvalue weighted by Crippen LogP contribution is -2.46. The molecule has 1 aliphatic heterocycles. The zero-order chi connectivity index (χ0) is 19.0. The summed E-state index contributed by atoms with van der Waals surface area (Å²) >= 11 is 6.55. The van der Waals surface area contributed by atoms with Crippen molar-refractivity contribution >= 4 is 28.5 Å². The number of halogens is 1. The van der Waals surface area contributed by atoms with Gasteiger partial charge < -0.3 is 14.4 Å². The highest BCUT2D eigenvalue weighted by Crippen LogP contribution is 2.40. The third kappa shape index (κ3) is 3.34. The number of carboxylic acids is 1. The highest BCUT2D eigenvalue weighted by atomic mass is 35.5. The van der Waals surface area contributed by atoms with E-state index >= 15 is 0 Å². The molecule has 1 atom stereocenters. The number of nitrogens with zero attached hydrogens (tertiary/aromatic N) is 2. The first-order chi connectivity index (χ1) is 13.1. The third-order valence-electron chi connectivity index (χ3n) is 5.20. The molecule has 27 heavy (non-hydrogen) atoms. The van der Waals surface area contributed by atoms with Crippen molar-refractivity contribution in [3.05, 3.63) is 70.4 Å². The number of rotatable bonds is 4. The molecule has 0 bridgehead atoms. The summed E-state index contributed by atoms with van der Waals surface area (Å²) in [6.07, 6.45) is 0. The maximum Gasteiger partial charge on any atom is 0.372 e. The Bertz CT molecular complexity index is 976. The minimum Gasteiger partial charge on any atom is -0.475 e. The van der Waals surface area contributed by atoms with Crippen molar-refractivity contribution in [2.24, 2.45) is 0 Å². The number of likely N-dealkylation sites (N-methyl/N-ethyl adjacent to an activating group) is 1. The van der Waals surface area contributed by atoms with Crippen LogP contribution in [0.15, 0.2) is 52.9 Å². The van der Waals surface area contributed by atoms with Gasteiger partial charge >= 0.3 is 5.97 Å². The van der Waals surface area contributed by atoms with Crippen LogP contribution in [-0.2, 0) is 0 Å². The van der Waals surface area contributed by atoms with E-state index in [1.807, 2.05) is 42.5 Å². The monoisotopic (exact) mass is 384 g/mol.